The van der Waals surface area contributed by atoms with Crippen LogP contribution in [-0.2, 0) is 4.79 Å². The van der Waals surface area contributed by atoms with Gasteiger partial charge in [0.1, 0.15) is 0 Å². The van der Waals surface area contributed by atoms with Crippen LogP contribution in [0.4, 0.5) is 0 Å². The van der Waals surface area contributed by atoms with Crippen LogP contribution in [0.1, 0.15) is 22.9 Å². The Labute approximate surface area is 125 Å². The molecule has 1 amide bonds. The number of hydrogen-bond acceptors (Lipinski definition) is 5. The van der Waals surface area contributed by atoms with E-state index in [1.165, 1.54) is 5.01 Å². The molecule has 3 heterocycles. The number of hydrogen-bond donors (Lipinski definition) is 0. The van der Waals surface area contributed by atoms with Crippen LogP contribution in [0.2, 0.25) is 0 Å². The maximum absolute atomic E-state index is 11.3. The van der Waals surface area contributed by atoms with Crippen LogP contribution in [-0.4, -0.2) is 23.9 Å². The number of fused-ring (bicyclic) bond motifs is 1. The SMILES string of the molecule is O=CN1N=C(c2cccs2)C[C@H]1c1ccc2c(c1)OCO2. The Morgan fingerprint density at radius 1 is 1.29 bits per heavy atom. The highest BCUT2D eigenvalue weighted by Crippen LogP contribution is 2.38. The van der Waals surface area contributed by atoms with Crippen LogP contribution in [0.5, 0.6) is 11.5 Å². The van der Waals surface area contributed by atoms with E-state index in [4.69, 9.17) is 9.47 Å². The van der Waals surface area contributed by atoms with Crippen LogP contribution in [0.3, 0.4) is 0 Å². The van der Waals surface area contributed by atoms with E-state index in [1.54, 1.807) is 11.3 Å². The second kappa shape index (κ2) is 4.89. The van der Waals surface area contributed by atoms with Gasteiger partial charge in [0.2, 0.25) is 13.2 Å². The topological polar surface area (TPSA) is 51.1 Å². The molecule has 21 heavy (non-hydrogen) atoms. The molecule has 0 spiro atoms. The van der Waals surface area contributed by atoms with Crippen molar-refractivity contribution in [3.8, 4) is 11.5 Å². The largest absolute Gasteiger partial charge is 0.454 e. The Balaban J connectivity index is 1.65. The third-order valence-electron chi connectivity index (χ3n) is 3.64. The van der Waals surface area contributed by atoms with Gasteiger partial charge in [-0.3, -0.25) is 4.79 Å². The fraction of sp³-hybridized carbons (Fsp3) is 0.200. The molecular formula is C15H12N2O3S. The number of rotatable bonds is 3. The third-order valence-corrected chi connectivity index (χ3v) is 4.56. The van der Waals surface area contributed by atoms with Crippen LogP contribution in [0.25, 0.3) is 0 Å². The highest BCUT2D eigenvalue weighted by Gasteiger charge is 2.30. The molecule has 0 saturated heterocycles. The van der Waals surface area contributed by atoms with E-state index in [1.807, 2.05) is 35.7 Å². The highest BCUT2D eigenvalue weighted by atomic mass is 32.1. The zero-order valence-electron chi connectivity index (χ0n) is 11.1. The van der Waals surface area contributed by atoms with E-state index >= 15 is 0 Å². The lowest BCUT2D eigenvalue weighted by atomic mass is 10.0. The lowest BCUT2D eigenvalue weighted by Gasteiger charge is -2.17. The molecule has 4 rings (SSSR count). The van der Waals surface area contributed by atoms with Crippen molar-refractivity contribution in [2.75, 3.05) is 6.79 Å². The van der Waals surface area contributed by atoms with Crippen molar-refractivity contribution in [1.29, 1.82) is 0 Å². The van der Waals surface area contributed by atoms with Gasteiger partial charge in [-0.05, 0) is 29.1 Å². The Morgan fingerprint density at radius 3 is 3.00 bits per heavy atom. The number of thiophene rings is 1. The van der Waals surface area contributed by atoms with Gasteiger partial charge in [-0.2, -0.15) is 5.10 Å². The number of amides is 1. The molecule has 0 saturated carbocycles. The smallest absolute Gasteiger partial charge is 0.231 e. The zero-order chi connectivity index (χ0) is 14.2. The molecule has 0 fully saturated rings. The normalized spacial score (nSPS) is 19.7. The lowest BCUT2D eigenvalue weighted by molar-refractivity contribution is -0.119. The van der Waals surface area contributed by atoms with E-state index < -0.39 is 0 Å². The van der Waals surface area contributed by atoms with Crippen molar-refractivity contribution in [2.45, 2.75) is 12.5 Å². The van der Waals surface area contributed by atoms with Gasteiger partial charge >= 0.3 is 0 Å². The molecule has 1 aromatic carbocycles. The van der Waals surface area contributed by atoms with E-state index in [0.717, 1.165) is 34.1 Å². The quantitative estimate of drug-likeness (QED) is 0.819. The summed E-state index contributed by atoms with van der Waals surface area (Å²) in [5.41, 5.74) is 1.95. The monoisotopic (exact) mass is 300 g/mol. The van der Waals surface area contributed by atoms with Gasteiger partial charge in [-0.25, -0.2) is 5.01 Å². The molecule has 2 aliphatic rings. The molecule has 0 radical (unpaired) electrons. The number of hydrazone groups is 1. The molecule has 5 nitrogen and oxygen atoms in total. The fourth-order valence-electron chi connectivity index (χ4n) is 2.61. The molecule has 0 N–H and O–H groups in total. The Kier molecular flexibility index (Phi) is 2.89. The number of benzene rings is 1. The summed E-state index contributed by atoms with van der Waals surface area (Å²) in [6.07, 6.45) is 1.48. The molecule has 2 aromatic rings. The predicted octanol–water partition coefficient (Wildman–Crippen LogP) is 2.78. The molecular weight excluding hydrogens is 288 g/mol. The molecule has 0 bridgehead atoms. The van der Waals surface area contributed by atoms with E-state index in [9.17, 15) is 4.79 Å². The summed E-state index contributed by atoms with van der Waals surface area (Å²) in [6, 6.07) is 9.69. The van der Waals surface area contributed by atoms with Crippen molar-refractivity contribution < 1.29 is 14.3 Å². The lowest BCUT2D eigenvalue weighted by Crippen LogP contribution is -2.17. The Morgan fingerprint density at radius 2 is 2.19 bits per heavy atom. The van der Waals surface area contributed by atoms with Crippen molar-refractivity contribution in [2.24, 2.45) is 5.10 Å². The maximum atomic E-state index is 11.3. The molecule has 1 aromatic heterocycles. The van der Waals surface area contributed by atoms with Crippen molar-refractivity contribution >= 4 is 23.5 Å². The first-order chi connectivity index (χ1) is 10.3. The first-order valence-corrected chi connectivity index (χ1v) is 7.47. The standard InChI is InChI=1S/C15H12N2O3S/c18-8-17-12(7-11(16-17)15-2-1-5-21-15)10-3-4-13-14(6-10)20-9-19-13/h1-6,8,12H,7,9H2/t12-/m0/s1. The Bertz CT molecular complexity index is 712. The molecule has 106 valence electrons. The summed E-state index contributed by atoms with van der Waals surface area (Å²) < 4.78 is 10.7. The average Bonchev–Trinajstić information content (AvgIpc) is 3.24. The first-order valence-electron chi connectivity index (χ1n) is 6.59. The van der Waals surface area contributed by atoms with E-state index in [-0.39, 0.29) is 12.8 Å². The van der Waals surface area contributed by atoms with E-state index in [0.29, 0.717) is 6.42 Å². The summed E-state index contributed by atoms with van der Waals surface area (Å²) >= 11 is 1.63. The van der Waals surface area contributed by atoms with Crippen molar-refractivity contribution in [1.82, 2.24) is 5.01 Å². The average molecular weight is 300 g/mol. The number of carbonyl (C=O) groups excluding carboxylic acids is 1. The summed E-state index contributed by atoms with van der Waals surface area (Å²) in [6.45, 7) is 0.248. The Hall–Kier alpha value is -2.34. The second-order valence-electron chi connectivity index (χ2n) is 4.84. The summed E-state index contributed by atoms with van der Waals surface area (Å²) in [5.74, 6) is 1.47. The van der Waals surface area contributed by atoms with Gasteiger partial charge in [0.25, 0.3) is 0 Å². The van der Waals surface area contributed by atoms with Crippen LogP contribution in [0, 0.1) is 0 Å². The van der Waals surface area contributed by atoms with Crippen LogP contribution < -0.4 is 9.47 Å². The molecule has 0 unspecified atom stereocenters. The van der Waals surface area contributed by atoms with Gasteiger partial charge in [0.05, 0.1) is 16.6 Å². The van der Waals surface area contributed by atoms with Gasteiger partial charge < -0.3 is 9.47 Å². The number of carbonyl (C=O) groups is 1. The summed E-state index contributed by atoms with van der Waals surface area (Å²) in [7, 11) is 0. The predicted molar refractivity (Wildman–Crippen MR) is 78.7 cm³/mol. The fourth-order valence-corrected chi connectivity index (χ4v) is 3.33. The zero-order valence-corrected chi connectivity index (χ0v) is 11.9. The highest BCUT2D eigenvalue weighted by molar-refractivity contribution is 7.12. The minimum Gasteiger partial charge on any atom is -0.454 e. The number of nitrogens with zero attached hydrogens (tertiary/aromatic N) is 2. The maximum Gasteiger partial charge on any atom is 0.231 e. The summed E-state index contributed by atoms with van der Waals surface area (Å²) in [5, 5.41) is 7.91. The van der Waals surface area contributed by atoms with E-state index in [2.05, 4.69) is 5.10 Å². The van der Waals surface area contributed by atoms with Crippen LogP contribution in [0.15, 0.2) is 40.8 Å². The van der Waals surface area contributed by atoms with Gasteiger partial charge in [-0.1, -0.05) is 12.1 Å². The number of ether oxygens (including phenoxy) is 2. The minimum atomic E-state index is -0.0888. The molecule has 0 aliphatic carbocycles. The molecule has 1 atom stereocenters. The summed E-state index contributed by atoms with van der Waals surface area (Å²) in [4.78, 5) is 12.4. The molecule has 6 heteroatoms. The van der Waals surface area contributed by atoms with Crippen molar-refractivity contribution in [3.63, 3.8) is 0 Å². The first kappa shape index (κ1) is 12.4. The molecule has 2 aliphatic heterocycles. The van der Waals surface area contributed by atoms with Gasteiger partial charge in [0, 0.05) is 6.42 Å². The third kappa shape index (κ3) is 2.08. The second-order valence-corrected chi connectivity index (χ2v) is 5.79. The van der Waals surface area contributed by atoms with Crippen molar-refractivity contribution in [3.05, 3.63) is 46.2 Å². The van der Waals surface area contributed by atoms with Gasteiger partial charge in [0.15, 0.2) is 11.5 Å². The minimum absolute atomic E-state index is 0.0888. The van der Waals surface area contributed by atoms with Gasteiger partial charge in [-0.15, -0.1) is 11.3 Å². The van der Waals surface area contributed by atoms with Crippen LogP contribution >= 0.6 is 11.3 Å².